The van der Waals surface area contributed by atoms with E-state index in [4.69, 9.17) is 16.7 Å². The normalized spacial score (nSPS) is 11.2. The van der Waals surface area contributed by atoms with Crippen LogP contribution in [-0.4, -0.2) is 27.2 Å². The van der Waals surface area contributed by atoms with Crippen LogP contribution in [0.3, 0.4) is 0 Å². The van der Waals surface area contributed by atoms with Crippen LogP contribution in [0, 0.1) is 0 Å². The van der Waals surface area contributed by atoms with Gasteiger partial charge in [-0.2, -0.15) is 0 Å². The Bertz CT molecular complexity index is 458. The molecule has 0 aromatic carbocycles. The van der Waals surface area contributed by atoms with Gasteiger partial charge in [-0.25, -0.2) is 4.98 Å². The Kier molecular flexibility index (Phi) is 8.78. The van der Waals surface area contributed by atoms with Crippen molar-refractivity contribution in [1.82, 2.24) is 14.9 Å². The lowest BCUT2D eigenvalue weighted by molar-refractivity contribution is -0.116. The first-order chi connectivity index (χ1) is 10.1. The fourth-order valence-corrected chi connectivity index (χ4v) is 2.05. The number of nitrogens with one attached hydrogen (secondary N) is 1. The summed E-state index contributed by atoms with van der Waals surface area (Å²) < 4.78 is 1.73. The van der Waals surface area contributed by atoms with Crippen molar-refractivity contribution in [2.24, 2.45) is 7.05 Å². The van der Waals surface area contributed by atoms with Crippen molar-refractivity contribution in [2.45, 2.75) is 45.1 Å². The van der Waals surface area contributed by atoms with Gasteiger partial charge in [0.1, 0.15) is 11.0 Å². The minimum atomic E-state index is -0.116. The molecule has 0 atom stereocenters. The Morgan fingerprint density at radius 3 is 2.76 bits per heavy atom. The van der Waals surface area contributed by atoms with Crippen molar-refractivity contribution in [3.05, 3.63) is 29.3 Å². The summed E-state index contributed by atoms with van der Waals surface area (Å²) in [5.41, 5.74) is 0. The van der Waals surface area contributed by atoms with E-state index in [1.165, 1.54) is 0 Å². The second kappa shape index (κ2) is 10.4. The molecule has 5 nitrogen and oxygen atoms in total. The van der Waals surface area contributed by atoms with Gasteiger partial charge in [0.15, 0.2) is 0 Å². The van der Waals surface area contributed by atoms with Crippen molar-refractivity contribution in [3.8, 4) is 0 Å². The molecule has 0 aliphatic heterocycles. The van der Waals surface area contributed by atoms with Gasteiger partial charge in [0.05, 0.1) is 12.7 Å². The van der Waals surface area contributed by atoms with Crippen molar-refractivity contribution in [3.63, 3.8) is 0 Å². The molecule has 21 heavy (non-hydrogen) atoms. The number of unbranched alkanes of at least 4 members (excludes halogenated alkanes) is 5. The second-order valence-corrected chi connectivity index (χ2v) is 5.34. The predicted octanol–water partition coefficient (Wildman–Crippen LogP) is 2.58. The zero-order valence-corrected chi connectivity index (χ0v) is 13.3. The van der Waals surface area contributed by atoms with E-state index in [9.17, 15) is 4.79 Å². The first-order valence-corrected chi connectivity index (χ1v) is 7.74. The molecule has 0 radical (unpaired) electrons. The highest BCUT2D eigenvalue weighted by Crippen LogP contribution is 2.08. The summed E-state index contributed by atoms with van der Waals surface area (Å²) >= 11 is 5.87. The summed E-state index contributed by atoms with van der Waals surface area (Å²) in [5, 5.41) is 12.0. The zero-order chi connectivity index (χ0) is 15.5. The molecule has 0 fully saturated rings. The number of nitrogens with zero attached hydrogens (tertiary/aromatic N) is 2. The summed E-state index contributed by atoms with van der Waals surface area (Å²) in [6.07, 6.45) is 11.2. The van der Waals surface area contributed by atoms with Crippen LogP contribution >= 0.6 is 11.6 Å². The smallest absolute Gasteiger partial charge is 0.244 e. The van der Waals surface area contributed by atoms with Gasteiger partial charge in [-0.1, -0.05) is 36.9 Å². The van der Waals surface area contributed by atoms with Gasteiger partial charge >= 0.3 is 0 Å². The van der Waals surface area contributed by atoms with E-state index < -0.39 is 0 Å². The number of amides is 1. The summed E-state index contributed by atoms with van der Waals surface area (Å²) in [7, 11) is 1.81. The molecule has 1 rings (SSSR count). The molecule has 118 valence electrons. The number of rotatable bonds is 10. The average Bonchev–Trinajstić information content (AvgIpc) is 2.79. The molecule has 0 spiro atoms. The number of imidazole rings is 1. The summed E-state index contributed by atoms with van der Waals surface area (Å²) in [6, 6.07) is 0. The van der Waals surface area contributed by atoms with Gasteiger partial charge < -0.3 is 15.0 Å². The second-order valence-electron chi connectivity index (χ2n) is 4.96. The molecule has 0 bridgehead atoms. The number of carbonyl (C=O) groups is 1. The number of aliphatic hydroxyl groups excluding tert-OH is 1. The Labute approximate surface area is 131 Å². The van der Waals surface area contributed by atoms with Crippen LogP contribution in [0.5, 0.6) is 0 Å². The summed E-state index contributed by atoms with van der Waals surface area (Å²) in [6.45, 7) is 0.648. The van der Waals surface area contributed by atoms with E-state index in [1.54, 1.807) is 16.8 Å². The van der Waals surface area contributed by atoms with Crippen LogP contribution in [0.25, 0.3) is 0 Å². The third-order valence-electron chi connectivity index (χ3n) is 3.25. The molecule has 1 aromatic heterocycles. The van der Waals surface area contributed by atoms with Gasteiger partial charge in [0, 0.05) is 13.7 Å². The van der Waals surface area contributed by atoms with Gasteiger partial charge in [-0.3, -0.25) is 4.79 Å². The third kappa shape index (κ3) is 7.29. The number of hydrogen-bond acceptors (Lipinski definition) is 3. The highest BCUT2D eigenvalue weighted by molar-refractivity contribution is 6.29. The van der Waals surface area contributed by atoms with Crippen LogP contribution in [-0.2, 0) is 18.4 Å². The Morgan fingerprint density at radius 1 is 1.38 bits per heavy atom. The molecule has 0 saturated heterocycles. The molecule has 0 aliphatic carbocycles. The fraction of sp³-hybridized carbons (Fsp3) is 0.600. The maximum absolute atomic E-state index is 11.6. The Morgan fingerprint density at radius 2 is 2.10 bits per heavy atom. The number of hydrogen-bond donors (Lipinski definition) is 2. The molecule has 1 aromatic rings. The van der Waals surface area contributed by atoms with Gasteiger partial charge in [0.2, 0.25) is 5.91 Å². The number of halogens is 1. The van der Waals surface area contributed by atoms with Crippen LogP contribution in [0.1, 0.15) is 44.3 Å². The number of aromatic nitrogens is 2. The van der Waals surface area contributed by atoms with E-state index in [2.05, 4.69) is 10.3 Å². The Hall–Kier alpha value is -1.33. The van der Waals surface area contributed by atoms with E-state index >= 15 is 0 Å². The fourth-order valence-electron chi connectivity index (χ4n) is 1.91. The van der Waals surface area contributed by atoms with Crippen LogP contribution < -0.4 is 5.32 Å². The molecule has 1 amide bonds. The maximum atomic E-state index is 11.6. The average molecular weight is 314 g/mol. The molecular formula is C15H24ClN3O2. The summed E-state index contributed by atoms with van der Waals surface area (Å²) in [5.74, 6) is 0.611. The molecule has 6 heteroatoms. The van der Waals surface area contributed by atoms with E-state index in [0.717, 1.165) is 44.3 Å². The maximum Gasteiger partial charge on any atom is 0.244 e. The molecular weight excluding hydrogens is 290 g/mol. The Balaban J connectivity index is 2.10. The predicted molar refractivity (Wildman–Crippen MR) is 84.0 cm³/mol. The van der Waals surface area contributed by atoms with Crippen LogP contribution in [0.2, 0.25) is 5.15 Å². The lowest BCUT2D eigenvalue weighted by Crippen LogP contribution is -2.22. The molecule has 0 aliphatic rings. The van der Waals surface area contributed by atoms with Crippen LogP contribution in [0.15, 0.2) is 18.3 Å². The highest BCUT2D eigenvalue weighted by Gasteiger charge is 2.04. The van der Waals surface area contributed by atoms with Gasteiger partial charge in [-0.15, -0.1) is 0 Å². The minimum Gasteiger partial charge on any atom is -0.396 e. The van der Waals surface area contributed by atoms with E-state index in [-0.39, 0.29) is 12.5 Å². The zero-order valence-electron chi connectivity index (χ0n) is 12.5. The van der Waals surface area contributed by atoms with Crippen molar-refractivity contribution >= 4 is 17.5 Å². The van der Waals surface area contributed by atoms with E-state index in [0.29, 0.717) is 11.7 Å². The van der Waals surface area contributed by atoms with Gasteiger partial charge in [0.25, 0.3) is 0 Å². The molecule has 2 N–H and O–H groups in total. The third-order valence-corrected chi connectivity index (χ3v) is 3.60. The molecule has 0 saturated carbocycles. The first-order valence-electron chi connectivity index (χ1n) is 7.36. The number of allylic oxidation sites excluding steroid dienone is 1. The summed E-state index contributed by atoms with van der Waals surface area (Å²) in [4.78, 5) is 15.7. The molecule has 0 unspecified atom stereocenters. The topological polar surface area (TPSA) is 67.2 Å². The standard InChI is InChI=1S/C15H24ClN3O2/c1-19-13(16)11-17-14(19)12-18-15(21)9-7-5-3-2-4-6-8-10-20/h7,9,11,20H,2-6,8,10,12H2,1H3,(H,18,21)/b9-7+. The molecule has 1 heterocycles. The van der Waals surface area contributed by atoms with E-state index in [1.807, 2.05) is 13.1 Å². The quantitative estimate of drug-likeness (QED) is 0.515. The van der Waals surface area contributed by atoms with Crippen molar-refractivity contribution in [1.29, 1.82) is 0 Å². The van der Waals surface area contributed by atoms with Crippen LogP contribution in [0.4, 0.5) is 0 Å². The number of aliphatic hydroxyl groups is 1. The lowest BCUT2D eigenvalue weighted by atomic mass is 10.1. The number of carbonyl (C=O) groups excluding carboxylic acids is 1. The minimum absolute atomic E-state index is 0.116. The van der Waals surface area contributed by atoms with Gasteiger partial charge in [-0.05, 0) is 25.3 Å². The van der Waals surface area contributed by atoms with Crippen molar-refractivity contribution in [2.75, 3.05) is 6.61 Å². The monoisotopic (exact) mass is 313 g/mol. The van der Waals surface area contributed by atoms with Crippen molar-refractivity contribution < 1.29 is 9.90 Å². The highest BCUT2D eigenvalue weighted by atomic mass is 35.5. The largest absolute Gasteiger partial charge is 0.396 e. The first kappa shape index (κ1) is 17.7. The lowest BCUT2D eigenvalue weighted by Gasteiger charge is -2.03. The SMILES string of the molecule is Cn1c(Cl)cnc1CNC(=O)/C=C/CCCCCCCO.